The molecule has 16 heavy (non-hydrogen) atoms. The number of likely N-dealkylation sites (tertiary alicyclic amines) is 1. The van der Waals surface area contributed by atoms with Crippen molar-refractivity contribution < 1.29 is 9.90 Å². The minimum Gasteiger partial charge on any atom is -0.481 e. The van der Waals surface area contributed by atoms with Crippen LogP contribution in [0.15, 0.2) is 0 Å². The Morgan fingerprint density at radius 1 is 1.31 bits per heavy atom. The zero-order chi connectivity index (χ0) is 11.5. The van der Waals surface area contributed by atoms with Gasteiger partial charge in [-0.05, 0) is 57.8 Å². The molecule has 2 atom stereocenters. The van der Waals surface area contributed by atoms with E-state index in [2.05, 4.69) is 17.3 Å². The van der Waals surface area contributed by atoms with Gasteiger partial charge in [0.15, 0.2) is 0 Å². The third-order valence-electron chi connectivity index (χ3n) is 4.11. The van der Waals surface area contributed by atoms with Crippen molar-refractivity contribution in [3.63, 3.8) is 0 Å². The van der Waals surface area contributed by atoms with Gasteiger partial charge in [0.1, 0.15) is 0 Å². The maximum absolute atomic E-state index is 11.5. The molecule has 0 saturated carbocycles. The molecule has 2 rings (SSSR count). The van der Waals surface area contributed by atoms with Gasteiger partial charge >= 0.3 is 5.97 Å². The predicted octanol–water partition coefficient (Wildman–Crippen LogP) is 0.639. The van der Waals surface area contributed by atoms with Crippen LogP contribution in [0.1, 0.15) is 19.3 Å². The van der Waals surface area contributed by atoms with Crippen molar-refractivity contribution in [2.24, 2.45) is 17.8 Å². The largest absolute Gasteiger partial charge is 0.481 e. The van der Waals surface area contributed by atoms with Crippen LogP contribution in [0.2, 0.25) is 0 Å². The number of carbonyl (C=O) groups is 1. The molecule has 0 aromatic rings. The first-order chi connectivity index (χ1) is 7.68. The molecular weight excluding hydrogens is 204 g/mol. The first-order valence-corrected chi connectivity index (χ1v) is 6.30. The Bertz CT molecular complexity index is 247. The summed E-state index contributed by atoms with van der Waals surface area (Å²) in [5, 5.41) is 12.7. The molecular formula is C12H22N2O2. The Morgan fingerprint density at radius 2 is 2.00 bits per heavy atom. The minimum atomic E-state index is -0.577. The maximum atomic E-state index is 11.5. The number of hydrogen-bond donors (Lipinski definition) is 2. The van der Waals surface area contributed by atoms with Crippen LogP contribution >= 0.6 is 0 Å². The van der Waals surface area contributed by atoms with E-state index in [0.29, 0.717) is 11.8 Å². The average molecular weight is 226 g/mol. The number of nitrogens with one attached hydrogen (secondary N) is 1. The van der Waals surface area contributed by atoms with E-state index in [0.717, 1.165) is 45.4 Å². The Labute approximate surface area is 97.0 Å². The van der Waals surface area contributed by atoms with Crippen molar-refractivity contribution in [3.8, 4) is 0 Å². The normalized spacial score (nSPS) is 30.4. The van der Waals surface area contributed by atoms with Gasteiger partial charge < -0.3 is 15.3 Å². The number of rotatable bonds is 3. The third-order valence-corrected chi connectivity index (χ3v) is 4.11. The van der Waals surface area contributed by atoms with Gasteiger partial charge in [-0.15, -0.1) is 0 Å². The van der Waals surface area contributed by atoms with Crippen molar-refractivity contribution in [1.29, 1.82) is 0 Å². The van der Waals surface area contributed by atoms with Crippen LogP contribution < -0.4 is 5.32 Å². The smallest absolute Gasteiger partial charge is 0.307 e. The van der Waals surface area contributed by atoms with Crippen molar-refractivity contribution in [2.75, 3.05) is 33.2 Å². The highest BCUT2D eigenvalue weighted by Crippen LogP contribution is 2.33. The second-order valence-electron chi connectivity index (χ2n) is 5.26. The number of carboxylic acid groups (broad SMARTS) is 1. The molecule has 2 saturated heterocycles. The lowest BCUT2D eigenvalue weighted by molar-refractivity contribution is -0.146. The Balaban J connectivity index is 2.01. The summed E-state index contributed by atoms with van der Waals surface area (Å²) in [6.07, 6.45) is 3.10. The SMILES string of the molecule is CN1CCC(C(C(=O)O)C2CCNCC2)C1. The standard InChI is InChI=1S/C12H22N2O2/c1-14-7-4-10(8-14)11(12(15)16)9-2-5-13-6-3-9/h9-11,13H,2-8H2,1H3,(H,15,16). The molecule has 4 nitrogen and oxygen atoms in total. The number of aliphatic carboxylic acids is 1. The zero-order valence-corrected chi connectivity index (χ0v) is 9.98. The van der Waals surface area contributed by atoms with Crippen molar-refractivity contribution >= 4 is 5.97 Å². The summed E-state index contributed by atoms with van der Waals surface area (Å²) in [5.74, 6) is 0.0556. The molecule has 0 spiro atoms. The molecule has 92 valence electrons. The van der Waals surface area contributed by atoms with Gasteiger partial charge in [-0.3, -0.25) is 4.79 Å². The molecule has 0 amide bonds. The van der Waals surface area contributed by atoms with Crippen LogP contribution in [0.3, 0.4) is 0 Å². The first kappa shape index (κ1) is 11.9. The lowest BCUT2D eigenvalue weighted by Gasteiger charge is -2.31. The second-order valence-corrected chi connectivity index (χ2v) is 5.26. The molecule has 2 aliphatic heterocycles. The van der Waals surface area contributed by atoms with Crippen molar-refractivity contribution in [2.45, 2.75) is 19.3 Å². The van der Waals surface area contributed by atoms with Gasteiger partial charge in [-0.2, -0.15) is 0 Å². The summed E-state index contributed by atoms with van der Waals surface area (Å²) < 4.78 is 0. The second kappa shape index (κ2) is 5.15. The van der Waals surface area contributed by atoms with Gasteiger partial charge in [-0.25, -0.2) is 0 Å². The predicted molar refractivity (Wildman–Crippen MR) is 62.3 cm³/mol. The van der Waals surface area contributed by atoms with Crippen LogP contribution in [-0.2, 0) is 4.79 Å². The lowest BCUT2D eigenvalue weighted by atomic mass is 9.76. The topological polar surface area (TPSA) is 52.6 Å². The van der Waals surface area contributed by atoms with Gasteiger partial charge in [0.2, 0.25) is 0 Å². The maximum Gasteiger partial charge on any atom is 0.307 e. The number of piperidine rings is 1. The average Bonchev–Trinajstić information content (AvgIpc) is 2.66. The first-order valence-electron chi connectivity index (χ1n) is 6.30. The van der Waals surface area contributed by atoms with Gasteiger partial charge in [0.05, 0.1) is 5.92 Å². The number of hydrogen-bond acceptors (Lipinski definition) is 3. The molecule has 0 radical (unpaired) electrons. The van der Waals surface area contributed by atoms with Crippen LogP contribution in [0, 0.1) is 17.8 Å². The van der Waals surface area contributed by atoms with Gasteiger partial charge in [0.25, 0.3) is 0 Å². The molecule has 0 aromatic carbocycles. The van der Waals surface area contributed by atoms with E-state index in [1.165, 1.54) is 0 Å². The Hall–Kier alpha value is -0.610. The summed E-state index contributed by atoms with van der Waals surface area (Å²) in [6, 6.07) is 0. The van der Waals surface area contributed by atoms with E-state index in [1.54, 1.807) is 0 Å². The van der Waals surface area contributed by atoms with E-state index in [9.17, 15) is 9.90 Å². The third kappa shape index (κ3) is 2.55. The molecule has 2 fully saturated rings. The van der Waals surface area contributed by atoms with Gasteiger partial charge in [-0.1, -0.05) is 0 Å². The number of carboxylic acids is 1. The van der Waals surface area contributed by atoms with Crippen LogP contribution in [0.5, 0.6) is 0 Å². The molecule has 2 heterocycles. The van der Waals surface area contributed by atoms with Crippen LogP contribution in [0.25, 0.3) is 0 Å². The van der Waals surface area contributed by atoms with Gasteiger partial charge in [0, 0.05) is 6.54 Å². The van der Waals surface area contributed by atoms with Crippen molar-refractivity contribution in [1.82, 2.24) is 10.2 Å². The van der Waals surface area contributed by atoms with Crippen molar-refractivity contribution in [3.05, 3.63) is 0 Å². The molecule has 2 aliphatic rings. The molecule has 0 aliphatic carbocycles. The molecule has 2 N–H and O–H groups in total. The Kier molecular flexibility index (Phi) is 3.82. The summed E-state index contributed by atoms with van der Waals surface area (Å²) in [6.45, 7) is 3.98. The minimum absolute atomic E-state index is 0.118. The quantitative estimate of drug-likeness (QED) is 0.741. The fraction of sp³-hybridized carbons (Fsp3) is 0.917. The fourth-order valence-electron chi connectivity index (χ4n) is 3.25. The van der Waals surface area contributed by atoms with Crippen LogP contribution in [0.4, 0.5) is 0 Å². The monoisotopic (exact) mass is 226 g/mol. The summed E-state index contributed by atoms with van der Waals surface area (Å²) in [4.78, 5) is 13.7. The fourth-order valence-corrected chi connectivity index (χ4v) is 3.25. The molecule has 0 aromatic heterocycles. The van der Waals surface area contributed by atoms with E-state index >= 15 is 0 Å². The molecule has 0 bridgehead atoms. The Morgan fingerprint density at radius 3 is 2.50 bits per heavy atom. The molecule has 4 heteroatoms. The zero-order valence-electron chi connectivity index (χ0n) is 9.98. The van der Waals surface area contributed by atoms with E-state index in [4.69, 9.17) is 0 Å². The number of nitrogens with zero attached hydrogens (tertiary/aromatic N) is 1. The highest BCUT2D eigenvalue weighted by Gasteiger charge is 2.38. The lowest BCUT2D eigenvalue weighted by Crippen LogP contribution is -2.38. The highest BCUT2D eigenvalue weighted by molar-refractivity contribution is 5.71. The molecule has 2 unspecified atom stereocenters. The summed E-state index contributed by atoms with van der Waals surface area (Å²) in [5.41, 5.74) is 0. The van der Waals surface area contributed by atoms with E-state index < -0.39 is 5.97 Å². The van der Waals surface area contributed by atoms with E-state index in [1.807, 2.05) is 0 Å². The van der Waals surface area contributed by atoms with E-state index in [-0.39, 0.29) is 5.92 Å². The summed E-state index contributed by atoms with van der Waals surface area (Å²) >= 11 is 0. The van der Waals surface area contributed by atoms with Crippen LogP contribution in [-0.4, -0.2) is 49.2 Å². The highest BCUT2D eigenvalue weighted by atomic mass is 16.4. The summed E-state index contributed by atoms with van der Waals surface area (Å²) in [7, 11) is 2.08.